The van der Waals surface area contributed by atoms with Crippen molar-refractivity contribution in [2.24, 2.45) is 17.1 Å². The Hall–Kier alpha value is -0.860. The Kier molecular flexibility index (Phi) is 3.55. The van der Waals surface area contributed by atoms with Gasteiger partial charge in [0.05, 0.1) is 6.10 Å². The third kappa shape index (κ3) is 2.12. The van der Waals surface area contributed by atoms with Gasteiger partial charge in [0.15, 0.2) is 0 Å². The van der Waals surface area contributed by atoms with Gasteiger partial charge in [0.1, 0.15) is 0 Å². The van der Waals surface area contributed by atoms with Gasteiger partial charge in [-0.15, -0.1) is 0 Å². The number of nitrogens with two attached hydrogens (primary N) is 1. The lowest BCUT2D eigenvalue weighted by atomic mass is 9.74. The Morgan fingerprint density at radius 2 is 1.82 bits per heavy atom. The number of aliphatic hydroxyl groups is 1. The number of rotatable bonds is 4. The summed E-state index contributed by atoms with van der Waals surface area (Å²) in [5, 5.41) is 10.6. The van der Waals surface area contributed by atoms with E-state index in [9.17, 15) is 5.11 Å². The maximum Gasteiger partial charge on any atom is 0.0640 e. The summed E-state index contributed by atoms with van der Waals surface area (Å²) >= 11 is 0. The van der Waals surface area contributed by atoms with Crippen molar-refractivity contribution in [1.82, 2.24) is 0 Å². The summed E-state index contributed by atoms with van der Waals surface area (Å²) < 4.78 is 0. The van der Waals surface area contributed by atoms with Crippen LogP contribution in [-0.2, 0) is 12.8 Å². The van der Waals surface area contributed by atoms with Gasteiger partial charge < -0.3 is 10.8 Å². The predicted octanol–water partition coefficient (Wildman–Crippen LogP) is 2.14. The first-order chi connectivity index (χ1) is 8.13. The highest BCUT2D eigenvalue weighted by molar-refractivity contribution is 5.35. The van der Waals surface area contributed by atoms with Crippen LogP contribution in [0.4, 0.5) is 0 Å². The Morgan fingerprint density at radius 3 is 2.24 bits per heavy atom. The normalized spacial score (nSPS) is 20.9. The van der Waals surface area contributed by atoms with Crippen molar-refractivity contribution >= 4 is 0 Å². The number of hydrogen-bond acceptors (Lipinski definition) is 2. The SMILES string of the molecule is CCC(C)C(O)C1(CN)Cc2ccccc2C1. The minimum Gasteiger partial charge on any atom is -0.392 e. The molecule has 0 aliphatic heterocycles. The standard InChI is InChI=1S/C15H23NO/c1-3-11(2)14(17)15(10-16)8-12-6-4-5-7-13(12)9-15/h4-7,11,14,17H,3,8-10,16H2,1-2H3. The lowest BCUT2D eigenvalue weighted by molar-refractivity contribution is -0.00493. The summed E-state index contributed by atoms with van der Waals surface area (Å²) in [4.78, 5) is 0. The van der Waals surface area contributed by atoms with Crippen LogP contribution >= 0.6 is 0 Å². The molecule has 0 bridgehead atoms. The van der Waals surface area contributed by atoms with Crippen molar-refractivity contribution < 1.29 is 5.11 Å². The van der Waals surface area contributed by atoms with Gasteiger partial charge in [-0.1, -0.05) is 44.5 Å². The highest BCUT2D eigenvalue weighted by Crippen LogP contribution is 2.41. The maximum atomic E-state index is 10.6. The zero-order valence-corrected chi connectivity index (χ0v) is 10.8. The molecular weight excluding hydrogens is 210 g/mol. The Labute approximate surface area is 104 Å². The first kappa shape index (κ1) is 12.6. The summed E-state index contributed by atoms with van der Waals surface area (Å²) in [6, 6.07) is 8.47. The number of fused-ring (bicyclic) bond motifs is 1. The van der Waals surface area contributed by atoms with Crippen LogP contribution in [0.25, 0.3) is 0 Å². The molecule has 0 amide bonds. The Morgan fingerprint density at radius 1 is 1.29 bits per heavy atom. The fourth-order valence-electron chi connectivity index (χ4n) is 3.02. The molecular formula is C15H23NO. The summed E-state index contributed by atoms with van der Waals surface area (Å²) in [5.41, 5.74) is 8.56. The van der Waals surface area contributed by atoms with Crippen LogP contribution in [0.5, 0.6) is 0 Å². The van der Waals surface area contributed by atoms with Crippen molar-refractivity contribution in [1.29, 1.82) is 0 Å². The van der Waals surface area contributed by atoms with Crippen LogP contribution in [0.1, 0.15) is 31.4 Å². The monoisotopic (exact) mass is 233 g/mol. The largest absolute Gasteiger partial charge is 0.392 e. The summed E-state index contributed by atoms with van der Waals surface area (Å²) in [7, 11) is 0. The molecule has 2 nitrogen and oxygen atoms in total. The average Bonchev–Trinajstić information content (AvgIpc) is 2.76. The van der Waals surface area contributed by atoms with E-state index in [1.54, 1.807) is 0 Å². The highest BCUT2D eigenvalue weighted by Gasteiger charge is 2.43. The van der Waals surface area contributed by atoms with Gasteiger partial charge in [-0.25, -0.2) is 0 Å². The van der Waals surface area contributed by atoms with E-state index in [0.29, 0.717) is 12.5 Å². The molecule has 0 saturated carbocycles. The molecule has 2 atom stereocenters. The van der Waals surface area contributed by atoms with E-state index in [0.717, 1.165) is 19.3 Å². The molecule has 0 heterocycles. The zero-order valence-electron chi connectivity index (χ0n) is 10.8. The summed E-state index contributed by atoms with van der Waals surface area (Å²) in [5.74, 6) is 0.313. The van der Waals surface area contributed by atoms with Gasteiger partial charge in [-0.05, 0) is 29.9 Å². The van der Waals surface area contributed by atoms with E-state index in [1.165, 1.54) is 11.1 Å². The quantitative estimate of drug-likeness (QED) is 0.837. The van der Waals surface area contributed by atoms with Crippen molar-refractivity contribution in [3.63, 3.8) is 0 Å². The second-order valence-corrected chi connectivity index (χ2v) is 5.52. The molecule has 1 aliphatic carbocycles. The predicted molar refractivity (Wildman–Crippen MR) is 70.8 cm³/mol. The molecule has 0 aromatic heterocycles. The van der Waals surface area contributed by atoms with E-state index in [2.05, 4.69) is 38.1 Å². The molecule has 94 valence electrons. The zero-order chi connectivity index (χ0) is 12.5. The molecule has 2 unspecified atom stereocenters. The van der Waals surface area contributed by atoms with Crippen LogP contribution in [0.15, 0.2) is 24.3 Å². The number of benzene rings is 1. The fraction of sp³-hybridized carbons (Fsp3) is 0.600. The molecule has 0 saturated heterocycles. The van der Waals surface area contributed by atoms with Gasteiger partial charge in [0.2, 0.25) is 0 Å². The van der Waals surface area contributed by atoms with Crippen LogP contribution in [-0.4, -0.2) is 17.8 Å². The van der Waals surface area contributed by atoms with Crippen molar-refractivity contribution in [2.75, 3.05) is 6.54 Å². The van der Waals surface area contributed by atoms with E-state index >= 15 is 0 Å². The fourth-order valence-corrected chi connectivity index (χ4v) is 3.02. The van der Waals surface area contributed by atoms with E-state index in [4.69, 9.17) is 5.73 Å². The van der Waals surface area contributed by atoms with E-state index < -0.39 is 0 Å². The second kappa shape index (κ2) is 4.79. The molecule has 0 spiro atoms. The lowest BCUT2D eigenvalue weighted by Crippen LogP contribution is -2.45. The molecule has 2 rings (SSSR count). The molecule has 2 heteroatoms. The molecule has 17 heavy (non-hydrogen) atoms. The summed E-state index contributed by atoms with van der Waals surface area (Å²) in [6.07, 6.45) is 2.54. The van der Waals surface area contributed by atoms with Gasteiger partial charge in [-0.3, -0.25) is 0 Å². The van der Waals surface area contributed by atoms with Gasteiger partial charge >= 0.3 is 0 Å². The third-order valence-corrected chi connectivity index (χ3v) is 4.42. The van der Waals surface area contributed by atoms with Crippen molar-refractivity contribution in [2.45, 2.75) is 39.2 Å². The molecule has 1 aromatic carbocycles. The Bertz CT molecular complexity index is 363. The van der Waals surface area contributed by atoms with Crippen LogP contribution < -0.4 is 5.73 Å². The van der Waals surface area contributed by atoms with Gasteiger partial charge in [0.25, 0.3) is 0 Å². The first-order valence-corrected chi connectivity index (χ1v) is 6.58. The van der Waals surface area contributed by atoms with Crippen molar-refractivity contribution in [3.05, 3.63) is 35.4 Å². The van der Waals surface area contributed by atoms with E-state index in [-0.39, 0.29) is 11.5 Å². The van der Waals surface area contributed by atoms with Crippen LogP contribution in [0.2, 0.25) is 0 Å². The molecule has 0 fully saturated rings. The van der Waals surface area contributed by atoms with Crippen LogP contribution in [0, 0.1) is 11.3 Å². The topological polar surface area (TPSA) is 46.2 Å². The van der Waals surface area contributed by atoms with Gasteiger partial charge in [-0.2, -0.15) is 0 Å². The Balaban J connectivity index is 2.25. The van der Waals surface area contributed by atoms with Crippen LogP contribution in [0.3, 0.4) is 0 Å². The molecule has 1 aromatic rings. The first-order valence-electron chi connectivity index (χ1n) is 6.58. The maximum absolute atomic E-state index is 10.6. The summed E-state index contributed by atoms with van der Waals surface area (Å²) in [6.45, 7) is 4.80. The molecule has 0 radical (unpaired) electrons. The van der Waals surface area contributed by atoms with E-state index in [1.807, 2.05) is 0 Å². The second-order valence-electron chi connectivity index (χ2n) is 5.52. The number of aliphatic hydroxyl groups excluding tert-OH is 1. The minimum absolute atomic E-state index is 0.140. The smallest absolute Gasteiger partial charge is 0.0640 e. The molecule has 1 aliphatic rings. The highest BCUT2D eigenvalue weighted by atomic mass is 16.3. The average molecular weight is 233 g/mol. The lowest BCUT2D eigenvalue weighted by Gasteiger charge is -2.36. The molecule has 3 N–H and O–H groups in total. The van der Waals surface area contributed by atoms with Gasteiger partial charge in [0, 0.05) is 12.0 Å². The number of hydrogen-bond donors (Lipinski definition) is 2. The third-order valence-electron chi connectivity index (χ3n) is 4.42. The minimum atomic E-state index is -0.301. The van der Waals surface area contributed by atoms with Crippen molar-refractivity contribution in [3.8, 4) is 0 Å².